The number of allylic oxidation sites excluding steroid dienone is 2. The maximum absolute atomic E-state index is 5.63. The summed E-state index contributed by atoms with van der Waals surface area (Å²) in [6, 6.07) is 0. The Hall–Kier alpha value is -0.833. The van der Waals surface area contributed by atoms with Crippen LogP contribution >= 0.6 is 0 Å². The van der Waals surface area contributed by atoms with Crippen LogP contribution in [0, 0.1) is 5.92 Å². The van der Waals surface area contributed by atoms with Gasteiger partial charge in [0, 0.05) is 6.21 Å². The van der Waals surface area contributed by atoms with E-state index in [1.807, 2.05) is 13.1 Å². The SMILES string of the molecule is C=C(/N=C/C(=C/C)C(C)C)O[Si](C)(C)C. The summed E-state index contributed by atoms with van der Waals surface area (Å²) in [5, 5.41) is 0. The number of hydrogen-bond acceptors (Lipinski definition) is 2. The Kier molecular flexibility index (Phi) is 5.58. The highest BCUT2D eigenvalue weighted by Crippen LogP contribution is 2.11. The van der Waals surface area contributed by atoms with Gasteiger partial charge in [-0.1, -0.05) is 19.9 Å². The highest BCUT2D eigenvalue weighted by molar-refractivity contribution is 6.70. The molecule has 15 heavy (non-hydrogen) atoms. The third-order valence-corrected chi connectivity index (χ3v) is 2.63. The quantitative estimate of drug-likeness (QED) is 0.394. The Bertz CT molecular complexity index is 272. The van der Waals surface area contributed by atoms with Gasteiger partial charge >= 0.3 is 0 Å². The molecule has 0 aromatic heterocycles. The van der Waals surface area contributed by atoms with E-state index in [0.29, 0.717) is 11.8 Å². The Balaban J connectivity index is 4.35. The van der Waals surface area contributed by atoms with Crippen LogP contribution in [0.25, 0.3) is 0 Å². The first-order chi connectivity index (χ1) is 6.76. The van der Waals surface area contributed by atoms with Crippen LogP contribution in [0.1, 0.15) is 20.8 Å². The number of rotatable bonds is 5. The van der Waals surface area contributed by atoms with Crippen molar-refractivity contribution in [3.8, 4) is 0 Å². The Morgan fingerprint density at radius 1 is 1.33 bits per heavy atom. The van der Waals surface area contributed by atoms with Crippen LogP contribution in [0.3, 0.4) is 0 Å². The van der Waals surface area contributed by atoms with E-state index in [0.717, 1.165) is 0 Å². The number of hydrogen-bond donors (Lipinski definition) is 0. The lowest BCUT2D eigenvalue weighted by molar-refractivity contribution is 0.421. The Labute approximate surface area is 94.9 Å². The highest BCUT2D eigenvalue weighted by atomic mass is 28.4. The third-order valence-electron chi connectivity index (χ3n) is 1.78. The van der Waals surface area contributed by atoms with Crippen LogP contribution in [0.2, 0.25) is 19.6 Å². The number of aliphatic imine (C=N–C) groups is 1. The fourth-order valence-electron chi connectivity index (χ4n) is 1.08. The summed E-state index contributed by atoms with van der Waals surface area (Å²) < 4.78 is 5.63. The van der Waals surface area contributed by atoms with E-state index in [-0.39, 0.29) is 0 Å². The molecule has 0 aromatic carbocycles. The average Bonchev–Trinajstić information content (AvgIpc) is 2.01. The molecular formula is C12H23NOSi. The lowest BCUT2D eigenvalue weighted by Gasteiger charge is -2.18. The minimum Gasteiger partial charge on any atom is -0.532 e. The van der Waals surface area contributed by atoms with Gasteiger partial charge in [0.05, 0.1) is 0 Å². The van der Waals surface area contributed by atoms with Crippen molar-refractivity contribution < 1.29 is 4.43 Å². The summed E-state index contributed by atoms with van der Waals surface area (Å²) in [5.74, 6) is 1.01. The molecular weight excluding hydrogens is 202 g/mol. The molecule has 0 heterocycles. The van der Waals surface area contributed by atoms with Crippen molar-refractivity contribution in [2.45, 2.75) is 40.4 Å². The third kappa shape index (κ3) is 7.14. The van der Waals surface area contributed by atoms with Gasteiger partial charge in [-0.2, -0.15) is 0 Å². The van der Waals surface area contributed by atoms with E-state index >= 15 is 0 Å². The molecule has 0 amide bonds. The van der Waals surface area contributed by atoms with Crippen molar-refractivity contribution >= 4 is 14.5 Å². The fraction of sp³-hybridized carbons (Fsp3) is 0.583. The lowest BCUT2D eigenvalue weighted by Crippen LogP contribution is -2.24. The minimum absolute atomic E-state index is 0.485. The van der Waals surface area contributed by atoms with Gasteiger partial charge in [-0.3, -0.25) is 0 Å². The Morgan fingerprint density at radius 3 is 2.20 bits per heavy atom. The summed E-state index contributed by atoms with van der Waals surface area (Å²) in [5.41, 5.74) is 1.20. The van der Waals surface area contributed by atoms with E-state index in [2.05, 4.69) is 51.1 Å². The molecule has 0 bridgehead atoms. The molecule has 0 fully saturated rings. The summed E-state index contributed by atoms with van der Waals surface area (Å²) in [6.07, 6.45) is 3.91. The van der Waals surface area contributed by atoms with Crippen LogP contribution in [0.5, 0.6) is 0 Å². The van der Waals surface area contributed by atoms with Crippen molar-refractivity contribution in [1.82, 2.24) is 0 Å². The van der Waals surface area contributed by atoms with Crippen LogP contribution in [0.4, 0.5) is 0 Å². The predicted octanol–water partition coefficient (Wildman–Crippen LogP) is 3.98. The van der Waals surface area contributed by atoms with Crippen LogP contribution in [0.15, 0.2) is 29.1 Å². The molecule has 0 unspecified atom stereocenters. The van der Waals surface area contributed by atoms with Crippen LogP contribution in [-0.4, -0.2) is 14.5 Å². The molecule has 0 atom stereocenters. The average molecular weight is 225 g/mol. The summed E-state index contributed by atoms with van der Waals surface area (Å²) in [4.78, 5) is 4.23. The van der Waals surface area contributed by atoms with E-state index in [1.54, 1.807) is 0 Å². The van der Waals surface area contributed by atoms with Gasteiger partial charge in [0.2, 0.25) is 8.32 Å². The zero-order valence-corrected chi connectivity index (χ0v) is 11.8. The molecule has 0 aliphatic rings. The van der Waals surface area contributed by atoms with Crippen molar-refractivity contribution in [2.24, 2.45) is 10.9 Å². The second-order valence-corrected chi connectivity index (χ2v) is 9.24. The first-order valence-corrected chi connectivity index (χ1v) is 8.75. The maximum atomic E-state index is 5.63. The largest absolute Gasteiger partial charge is 0.532 e. The zero-order valence-electron chi connectivity index (χ0n) is 10.8. The molecule has 86 valence electrons. The molecule has 0 saturated carbocycles. The first-order valence-electron chi connectivity index (χ1n) is 5.34. The molecule has 0 N–H and O–H groups in total. The molecule has 0 aromatic rings. The monoisotopic (exact) mass is 225 g/mol. The van der Waals surface area contributed by atoms with Crippen molar-refractivity contribution in [3.05, 3.63) is 24.1 Å². The normalized spacial score (nSPS) is 13.7. The van der Waals surface area contributed by atoms with Crippen LogP contribution in [-0.2, 0) is 4.43 Å². The van der Waals surface area contributed by atoms with Gasteiger partial charge in [0.15, 0.2) is 5.88 Å². The molecule has 3 heteroatoms. The van der Waals surface area contributed by atoms with Crippen molar-refractivity contribution in [1.29, 1.82) is 0 Å². The number of nitrogens with zero attached hydrogens (tertiary/aromatic N) is 1. The molecule has 2 nitrogen and oxygen atoms in total. The van der Waals surface area contributed by atoms with E-state index < -0.39 is 8.32 Å². The topological polar surface area (TPSA) is 21.6 Å². The molecule has 0 spiro atoms. The maximum Gasteiger partial charge on any atom is 0.244 e. The van der Waals surface area contributed by atoms with Gasteiger partial charge < -0.3 is 4.43 Å². The standard InChI is InChI=1S/C12H23NOSi/c1-8-12(10(2)3)9-13-11(4)14-15(5,6)7/h8-10H,4H2,1-3,5-7H3/b12-8-,13-9+. The van der Waals surface area contributed by atoms with Crippen molar-refractivity contribution in [2.75, 3.05) is 0 Å². The van der Waals surface area contributed by atoms with Gasteiger partial charge in [0.1, 0.15) is 0 Å². The first kappa shape index (κ1) is 14.2. The molecule has 0 aliphatic heterocycles. The molecule has 0 radical (unpaired) electrons. The van der Waals surface area contributed by atoms with E-state index in [1.165, 1.54) is 5.57 Å². The van der Waals surface area contributed by atoms with Gasteiger partial charge in [-0.15, -0.1) is 0 Å². The van der Waals surface area contributed by atoms with E-state index in [4.69, 9.17) is 4.43 Å². The fourth-order valence-corrected chi connectivity index (χ4v) is 1.84. The predicted molar refractivity (Wildman–Crippen MR) is 70.7 cm³/mol. The summed E-state index contributed by atoms with van der Waals surface area (Å²) >= 11 is 0. The van der Waals surface area contributed by atoms with Crippen LogP contribution < -0.4 is 0 Å². The smallest absolute Gasteiger partial charge is 0.244 e. The molecule has 0 saturated heterocycles. The highest BCUT2D eigenvalue weighted by Gasteiger charge is 2.16. The molecule has 0 aliphatic carbocycles. The lowest BCUT2D eigenvalue weighted by atomic mass is 10.1. The van der Waals surface area contributed by atoms with Crippen molar-refractivity contribution in [3.63, 3.8) is 0 Å². The van der Waals surface area contributed by atoms with Gasteiger partial charge in [-0.25, -0.2) is 4.99 Å². The second kappa shape index (κ2) is 5.91. The summed E-state index contributed by atoms with van der Waals surface area (Å²) in [6.45, 7) is 16.4. The van der Waals surface area contributed by atoms with E-state index in [9.17, 15) is 0 Å². The van der Waals surface area contributed by atoms with Gasteiger partial charge in [0.25, 0.3) is 0 Å². The minimum atomic E-state index is -1.56. The molecule has 0 rings (SSSR count). The summed E-state index contributed by atoms with van der Waals surface area (Å²) in [7, 11) is -1.56. The van der Waals surface area contributed by atoms with Gasteiger partial charge in [-0.05, 0) is 44.6 Å². The second-order valence-electron chi connectivity index (χ2n) is 4.81. The Morgan fingerprint density at radius 2 is 1.87 bits per heavy atom. The zero-order chi connectivity index (χ0) is 12.1.